The minimum absolute atomic E-state index is 0.200. The van der Waals surface area contributed by atoms with Crippen molar-refractivity contribution in [3.05, 3.63) is 48.1 Å². The summed E-state index contributed by atoms with van der Waals surface area (Å²) in [4.78, 5) is 27.1. The van der Waals surface area contributed by atoms with Gasteiger partial charge in [0.15, 0.2) is 17.0 Å². The van der Waals surface area contributed by atoms with Crippen molar-refractivity contribution in [3.63, 3.8) is 0 Å². The van der Waals surface area contributed by atoms with Gasteiger partial charge in [0.2, 0.25) is 0 Å². The Morgan fingerprint density at radius 1 is 1.11 bits per heavy atom. The average Bonchev–Trinajstić information content (AvgIpc) is 3.64. The van der Waals surface area contributed by atoms with Crippen molar-refractivity contribution in [2.24, 2.45) is 17.8 Å². The standard InChI is InChI=1S/C35H48O10/c1-7-9-11-12-13-14-15-17-32-43-29-25-28-31(19-36,42-28)30(39)33(40)23(18-21(5)26(33)38)35(25,45-32)22(6)27(34(29,44-32)20(3)4)41-24(37)16-10-8-2/h13-15,17-18,22-23,25,27-30,36,39-40H,3,7-12,16,19H2,1-2,4-6H3/b14-13+,17-15+/t22-,23-,25+,27-,28+,29-,30-,31+,32-,33-,34+,35+/m1/s1. The molecule has 0 amide bonds. The fourth-order valence-electron chi connectivity index (χ4n) is 9.01. The van der Waals surface area contributed by atoms with E-state index in [1.165, 1.54) is 0 Å². The Bertz CT molecular complexity index is 1340. The lowest BCUT2D eigenvalue weighted by Crippen LogP contribution is -2.76. The molecule has 0 unspecified atom stereocenters. The third-order valence-electron chi connectivity index (χ3n) is 11.3. The number of hydrogen-bond donors (Lipinski definition) is 3. The molecule has 3 N–H and O–H groups in total. The third-order valence-corrected chi connectivity index (χ3v) is 11.3. The molecule has 0 aromatic rings. The van der Waals surface area contributed by atoms with Crippen molar-refractivity contribution in [1.82, 2.24) is 0 Å². The van der Waals surface area contributed by atoms with Gasteiger partial charge in [0.1, 0.15) is 30.0 Å². The van der Waals surface area contributed by atoms with E-state index in [0.717, 1.165) is 32.1 Å². The van der Waals surface area contributed by atoms with E-state index >= 15 is 0 Å². The highest BCUT2D eigenvalue weighted by Crippen LogP contribution is 2.73. The van der Waals surface area contributed by atoms with Gasteiger partial charge in [-0.3, -0.25) is 9.59 Å². The van der Waals surface area contributed by atoms with Crippen molar-refractivity contribution >= 4 is 11.8 Å². The van der Waals surface area contributed by atoms with Crippen LogP contribution in [0.3, 0.4) is 0 Å². The first kappa shape index (κ1) is 32.7. The van der Waals surface area contributed by atoms with E-state index in [9.17, 15) is 24.9 Å². The van der Waals surface area contributed by atoms with Gasteiger partial charge in [-0.1, -0.05) is 70.9 Å². The molecule has 2 saturated carbocycles. The number of carbonyl (C=O) groups is 2. The summed E-state index contributed by atoms with van der Waals surface area (Å²) in [5.74, 6) is -5.44. The van der Waals surface area contributed by atoms with E-state index in [1.54, 1.807) is 32.1 Å². The van der Waals surface area contributed by atoms with Crippen molar-refractivity contribution in [3.8, 4) is 0 Å². The Balaban J connectivity index is 1.53. The number of Topliss-reactive ketones (excluding diaryl/α,β-unsaturated/α-hetero) is 1. The molecule has 3 bridgehead atoms. The SMILES string of the molecule is C=C(C)[C@@]12O[C@@]3(/C=C/C=C/CCCCC)O[C@@H]1[C@@H]1[C@@H]4O[C@]4(CO)[C@@H](O)[C@]4(O)C(=O)C(C)=C[C@H]4[C@@]1(O3)[C@H](C)[C@H]2OC(=O)CCCC. The van der Waals surface area contributed by atoms with Crippen molar-refractivity contribution < 1.29 is 48.6 Å². The van der Waals surface area contributed by atoms with Crippen molar-refractivity contribution in [2.75, 3.05) is 6.61 Å². The second kappa shape index (κ2) is 11.2. The minimum atomic E-state index is -2.38. The first-order valence-corrected chi connectivity index (χ1v) is 16.6. The Kier molecular flexibility index (Phi) is 8.16. The molecular formula is C35H48O10. The zero-order valence-corrected chi connectivity index (χ0v) is 27.0. The van der Waals surface area contributed by atoms with Gasteiger partial charge in [0.05, 0.1) is 12.2 Å². The fraction of sp³-hybridized carbons (Fsp3) is 0.714. The molecular weight excluding hydrogens is 580 g/mol. The van der Waals surface area contributed by atoms with Gasteiger partial charge in [-0.15, -0.1) is 0 Å². The largest absolute Gasteiger partial charge is 0.458 e. The van der Waals surface area contributed by atoms with Gasteiger partial charge in [0, 0.05) is 30.3 Å². The predicted molar refractivity (Wildman–Crippen MR) is 162 cm³/mol. The predicted octanol–water partition coefficient (Wildman–Crippen LogP) is 3.58. The first-order chi connectivity index (χ1) is 21.4. The van der Waals surface area contributed by atoms with E-state index in [1.807, 2.05) is 19.9 Å². The molecule has 5 fully saturated rings. The lowest BCUT2D eigenvalue weighted by molar-refractivity contribution is -0.407. The highest BCUT2D eigenvalue weighted by molar-refractivity contribution is 6.05. The summed E-state index contributed by atoms with van der Waals surface area (Å²) in [6.07, 6.45) is 10.4. The van der Waals surface area contributed by atoms with Gasteiger partial charge in [-0.25, -0.2) is 0 Å². The van der Waals surface area contributed by atoms with Crippen LogP contribution in [0, 0.1) is 17.8 Å². The van der Waals surface area contributed by atoms with Crippen LogP contribution >= 0.6 is 0 Å². The molecule has 0 radical (unpaired) electrons. The second-order valence-corrected chi connectivity index (χ2v) is 13.9. The van der Waals surface area contributed by atoms with E-state index < -0.39 is 88.9 Å². The van der Waals surface area contributed by atoms with Gasteiger partial charge in [-0.2, -0.15) is 0 Å². The van der Waals surface area contributed by atoms with E-state index in [4.69, 9.17) is 23.7 Å². The van der Waals surface area contributed by atoms with Gasteiger partial charge < -0.3 is 39.0 Å². The normalized spacial score (nSPS) is 47.4. The van der Waals surface area contributed by atoms with Crippen LogP contribution in [0.25, 0.3) is 0 Å². The lowest BCUT2D eigenvalue weighted by Gasteiger charge is -2.61. The summed E-state index contributed by atoms with van der Waals surface area (Å²) < 4.78 is 33.0. The summed E-state index contributed by atoms with van der Waals surface area (Å²) in [5, 5.41) is 34.7. The van der Waals surface area contributed by atoms with Crippen molar-refractivity contribution in [2.45, 2.75) is 132 Å². The summed E-state index contributed by atoms with van der Waals surface area (Å²) in [6, 6.07) is 0. The zero-order valence-electron chi connectivity index (χ0n) is 27.0. The third kappa shape index (κ3) is 4.26. The molecule has 3 aliphatic heterocycles. The number of ether oxygens (including phenoxy) is 5. The monoisotopic (exact) mass is 628 g/mol. The number of hydrogen-bond acceptors (Lipinski definition) is 10. The molecule has 3 heterocycles. The molecule has 10 heteroatoms. The second-order valence-electron chi connectivity index (χ2n) is 13.9. The maximum absolute atomic E-state index is 13.8. The highest BCUT2D eigenvalue weighted by Gasteiger charge is 2.90. The number of aliphatic hydroxyl groups excluding tert-OH is 2. The molecule has 3 aliphatic carbocycles. The van der Waals surface area contributed by atoms with Gasteiger partial charge in [0.25, 0.3) is 0 Å². The summed E-state index contributed by atoms with van der Waals surface area (Å²) in [5.41, 5.74) is -6.11. The molecule has 12 atom stereocenters. The molecule has 6 rings (SSSR count). The quantitative estimate of drug-likeness (QED) is 0.0965. The van der Waals surface area contributed by atoms with E-state index in [-0.39, 0.29) is 12.0 Å². The number of rotatable bonds is 12. The number of fused-ring (bicyclic) bond motifs is 3. The fourth-order valence-corrected chi connectivity index (χ4v) is 9.01. The minimum Gasteiger partial charge on any atom is -0.458 e. The Labute approximate surface area is 265 Å². The van der Waals surface area contributed by atoms with Crippen molar-refractivity contribution in [1.29, 1.82) is 0 Å². The lowest BCUT2D eigenvalue weighted by atomic mass is 9.53. The maximum Gasteiger partial charge on any atom is 0.307 e. The average molecular weight is 629 g/mol. The first-order valence-electron chi connectivity index (χ1n) is 16.6. The number of aliphatic hydroxyl groups is 3. The summed E-state index contributed by atoms with van der Waals surface area (Å²) >= 11 is 0. The Morgan fingerprint density at radius 3 is 2.51 bits per heavy atom. The van der Waals surface area contributed by atoms with Gasteiger partial charge >= 0.3 is 11.9 Å². The Hall–Kier alpha value is -2.18. The number of esters is 1. The number of allylic oxidation sites excluding steroid dienone is 3. The van der Waals surface area contributed by atoms with Gasteiger partial charge in [-0.05, 0) is 44.3 Å². The molecule has 0 spiro atoms. The molecule has 45 heavy (non-hydrogen) atoms. The molecule has 248 valence electrons. The van der Waals surface area contributed by atoms with Crippen LogP contribution in [0.4, 0.5) is 0 Å². The van der Waals surface area contributed by atoms with E-state index in [0.29, 0.717) is 12.0 Å². The molecule has 0 aromatic heterocycles. The van der Waals surface area contributed by atoms with Crippen LogP contribution in [-0.2, 0) is 33.3 Å². The summed E-state index contributed by atoms with van der Waals surface area (Å²) in [6.45, 7) is 13.0. The number of unbranched alkanes of at least 4 members (excludes halogenated alkanes) is 4. The molecule has 0 aromatic carbocycles. The zero-order chi connectivity index (χ0) is 32.6. The van der Waals surface area contributed by atoms with Crippen LogP contribution in [0.15, 0.2) is 48.1 Å². The van der Waals surface area contributed by atoms with Crippen LogP contribution in [0.2, 0.25) is 0 Å². The smallest absolute Gasteiger partial charge is 0.307 e. The maximum atomic E-state index is 13.8. The van der Waals surface area contributed by atoms with E-state index in [2.05, 4.69) is 19.6 Å². The van der Waals surface area contributed by atoms with Crippen LogP contribution in [0.5, 0.6) is 0 Å². The Morgan fingerprint density at radius 2 is 1.84 bits per heavy atom. The van der Waals surface area contributed by atoms with Crippen LogP contribution in [-0.4, -0.2) is 86.5 Å². The topological polar surface area (TPSA) is 144 Å². The molecule has 10 nitrogen and oxygen atoms in total. The molecule has 6 aliphatic rings. The van der Waals surface area contributed by atoms with Crippen LogP contribution in [0.1, 0.15) is 79.6 Å². The number of ketones is 1. The number of carbonyl (C=O) groups excluding carboxylic acids is 2. The molecule has 3 saturated heterocycles. The number of epoxide rings is 1. The highest BCUT2D eigenvalue weighted by atomic mass is 16.9. The van der Waals surface area contributed by atoms with Crippen LogP contribution < -0.4 is 0 Å². The summed E-state index contributed by atoms with van der Waals surface area (Å²) in [7, 11) is 0.